The zero-order valence-corrected chi connectivity index (χ0v) is 10.8. The van der Waals surface area contributed by atoms with Crippen molar-refractivity contribution in [3.8, 4) is 0 Å². The minimum Gasteiger partial charge on any atom is -0.481 e. The number of carbonyl (C=O) groups is 1. The van der Waals surface area contributed by atoms with Gasteiger partial charge in [-0.1, -0.05) is 6.92 Å². The zero-order valence-electron chi connectivity index (χ0n) is 10.8. The molecular formula is C14H24O3. The van der Waals surface area contributed by atoms with Crippen molar-refractivity contribution < 1.29 is 14.6 Å². The molecule has 0 bridgehead atoms. The summed E-state index contributed by atoms with van der Waals surface area (Å²) in [6, 6.07) is 0. The summed E-state index contributed by atoms with van der Waals surface area (Å²) in [4.78, 5) is 11.6. The summed E-state index contributed by atoms with van der Waals surface area (Å²) in [5.74, 6) is 0.0910. The van der Waals surface area contributed by atoms with Gasteiger partial charge in [0.1, 0.15) is 0 Å². The summed E-state index contributed by atoms with van der Waals surface area (Å²) < 4.78 is 5.72. The van der Waals surface area contributed by atoms with Crippen LogP contribution in [0.15, 0.2) is 0 Å². The molecule has 1 unspecified atom stereocenters. The van der Waals surface area contributed by atoms with Gasteiger partial charge >= 0.3 is 5.97 Å². The van der Waals surface area contributed by atoms with Crippen LogP contribution in [0, 0.1) is 11.3 Å². The van der Waals surface area contributed by atoms with E-state index < -0.39 is 11.4 Å². The predicted molar refractivity (Wildman–Crippen MR) is 65.9 cm³/mol. The highest BCUT2D eigenvalue weighted by Crippen LogP contribution is 2.43. The summed E-state index contributed by atoms with van der Waals surface area (Å²) in [7, 11) is 0. The van der Waals surface area contributed by atoms with Crippen LogP contribution in [0.1, 0.15) is 58.3 Å². The first-order chi connectivity index (χ1) is 8.12. The van der Waals surface area contributed by atoms with E-state index in [1.54, 1.807) is 0 Å². The fourth-order valence-corrected chi connectivity index (χ4v) is 3.22. The van der Waals surface area contributed by atoms with Gasteiger partial charge in [0.15, 0.2) is 0 Å². The average Bonchev–Trinajstić information content (AvgIpc) is 2.33. The van der Waals surface area contributed by atoms with Gasteiger partial charge < -0.3 is 9.84 Å². The van der Waals surface area contributed by atoms with Gasteiger partial charge in [0.2, 0.25) is 0 Å². The molecule has 0 aromatic carbocycles. The third-order valence-electron chi connectivity index (χ3n) is 4.58. The molecule has 1 saturated heterocycles. The maximum atomic E-state index is 11.6. The van der Waals surface area contributed by atoms with E-state index in [0.29, 0.717) is 5.92 Å². The minimum atomic E-state index is -0.599. The molecule has 1 heterocycles. The van der Waals surface area contributed by atoms with Gasteiger partial charge in [-0.05, 0) is 57.3 Å². The zero-order chi connectivity index (χ0) is 12.3. The highest BCUT2D eigenvalue weighted by molar-refractivity contribution is 5.74. The molecule has 0 spiro atoms. The smallest absolute Gasteiger partial charge is 0.309 e. The Hall–Kier alpha value is -0.570. The van der Waals surface area contributed by atoms with Crippen LogP contribution in [0.5, 0.6) is 0 Å². The fourth-order valence-electron chi connectivity index (χ4n) is 3.22. The van der Waals surface area contributed by atoms with Crippen molar-refractivity contribution in [3.63, 3.8) is 0 Å². The van der Waals surface area contributed by atoms with Gasteiger partial charge in [0.05, 0.1) is 11.5 Å². The predicted octanol–water partition coefficient (Wildman–Crippen LogP) is 3.23. The Bertz CT molecular complexity index is 261. The number of carboxylic acids is 1. The summed E-state index contributed by atoms with van der Waals surface area (Å²) >= 11 is 0. The average molecular weight is 240 g/mol. The quantitative estimate of drug-likeness (QED) is 0.823. The molecule has 2 fully saturated rings. The maximum Gasteiger partial charge on any atom is 0.309 e. The van der Waals surface area contributed by atoms with E-state index >= 15 is 0 Å². The van der Waals surface area contributed by atoms with E-state index in [1.807, 2.05) is 0 Å². The van der Waals surface area contributed by atoms with Crippen molar-refractivity contribution in [2.75, 3.05) is 6.61 Å². The normalized spacial score (nSPS) is 38.9. The standard InChI is InChI=1S/C14H24O3/c1-11-5-7-14(8-6-11,13(15)16)10-12-4-2-3-9-17-12/h11-12H,2-10H2,1H3,(H,15,16). The Kier molecular flexibility index (Phi) is 4.08. The number of hydrogen-bond acceptors (Lipinski definition) is 2. The van der Waals surface area contributed by atoms with Crippen LogP contribution in [-0.4, -0.2) is 23.8 Å². The van der Waals surface area contributed by atoms with Crippen molar-refractivity contribution in [1.29, 1.82) is 0 Å². The lowest BCUT2D eigenvalue weighted by atomic mass is 9.67. The molecule has 98 valence electrons. The molecule has 2 aliphatic rings. The summed E-state index contributed by atoms with van der Waals surface area (Å²) in [6.45, 7) is 3.04. The molecule has 3 heteroatoms. The molecule has 2 rings (SSSR count). The second-order valence-electron chi connectivity index (χ2n) is 5.96. The van der Waals surface area contributed by atoms with E-state index in [0.717, 1.165) is 51.6 Å². The molecule has 1 saturated carbocycles. The Labute approximate surface area is 104 Å². The molecule has 3 nitrogen and oxygen atoms in total. The highest BCUT2D eigenvalue weighted by atomic mass is 16.5. The molecule has 1 aliphatic carbocycles. The molecule has 1 atom stereocenters. The molecule has 0 aromatic heterocycles. The number of ether oxygens (including phenoxy) is 1. The lowest BCUT2D eigenvalue weighted by molar-refractivity contribution is -0.155. The third kappa shape index (κ3) is 3.01. The van der Waals surface area contributed by atoms with Crippen molar-refractivity contribution in [3.05, 3.63) is 0 Å². The van der Waals surface area contributed by atoms with Crippen molar-refractivity contribution in [1.82, 2.24) is 0 Å². The second-order valence-corrected chi connectivity index (χ2v) is 5.96. The van der Waals surface area contributed by atoms with Crippen LogP contribution in [-0.2, 0) is 9.53 Å². The van der Waals surface area contributed by atoms with Crippen molar-refractivity contribution >= 4 is 5.97 Å². The lowest BCUT2D eigenvalue weighted by Gasteiger charge is -2.39. The topological polar surface area (TPSA) is 46.5 Å². The second kappa shape index (κ2) is 5.38. The largest absolute Gasteiger partial charge is 0.481 e. The summed E-state index contributed by atoms with van der Waals surface area (Å²) in [5, 5.41) is 9.55. The maximum absolute atomic E-state index is 11.6. The molecular weight excluding hydrogens is 216 g/mol. The van der Waals surface area contributed by atoms with Crippen LogP contribution in [0.25, 0.3) is 0 Å². The molecule has 0 amide bonds. The Morgan fingerprint density at radius 1 is 1.29 bits per heavy atom. The fraction of sp³-hybridized carbons (Fsp3) is 0.929. The molecule has 1 aliphatic heterocycles. The first kappa shape index (κ1) is 12.9. The lowest BCUT2D eigenvalue weighted by Crippen LogP contribution is -2.39. The van der Waals surface area contributed by atoms with Crippen molar-refractivity contribution in [2.45, 2.75) is 64.4 Å². The highest BCUT2D eigenvalue weighted by Gasteiger charge is 2.43. The number of hydrogen-bond donors (Lipinski definition) is 1. The Morgan fingerprint density at radius 2 is 2.00 bits per heavy atom. The summed E-state index contributed by atoms with van der Waals surface area (Å²) in [5.41, 5.74) is -0.492. The van der Waals surface area contributed by atoms with Gasteiger partial charge in [-0.2, -0.15) is 0 Å². The SMILES string of the molecule is CC1CCC(CC2CCCCO2)(C(=O)O)CC1. The van der Waals surface area contributed by atoms with Crippen LogP contribution in [0.2, 0.25) is 0 Å². The molecule has 1 N–H and O–H groups in total. The number of rotatable bonds is 3. The van der Waals surface area contributed by atoms with E-state index in [4.69, 9.17) is 4.74 Å². The van der Waals surface area contributed by atoms with Crippen LogP contribution in [0.4, 0.5) is 0 Å². The van der Waals surface area contributed by atoms with Gasteiger partial charge in [0, 0.05) is 6.61 Å². The van der Waals surface area contributed by atoms with E-state index in [-0.39, 0.29) is 6.10 Å². The number of aliphatic carboxylic acids is 1. The minimum absolute atomic E-state index is 0.188. The Morgan fingerprint density at radius 3 is 2.53 bits per heavy atom. The molecule has 0 radical (unpaired) electrons. The van der Waals surface area contributed by atoms with Gasteiger partial charge in [-0.3, -0.25) is 4.79 Å². The first-order valence-electron chi connectivity index (χ1n) is 6.97. The van der Waals surface area contributed by atoms with Crippen molar-refractivity contribution in [2.24, 2.45) is 11.3 Å². The van der Waals surface area contributed by atoms with Gasteiger partial charge in [-0.25, -0.2) is 0 Å². The van der Waals surface area contributed by atoms with Gasteiger partial charge in [-0.15, -0.1) is 0 Å². The van der Waals surface area contributed by atoms with E-state index in [1.165, 1.54) is 6.42 Å². The van der Waals surface area contributed by atoms with E-state index in [9.17, 15) is 9.90 Å². The monoisotopic (exact) mass is 240 g/mol. The first-order valence-corrected chi connectivity index (χ1v) is 6.97. The van der Waals surface area contributed by atoms with Gasteiger partial charge in [0.25, 0.3) is 0 Å². The molecule has 0 aromatic rings. The number of carboxylic acid groups (broad SMARTS) is 1. The Balaban J connectivity index is 1.98. The van der Waals surface area contributed by atoms with Crippen LogP contribution in [0.3, 0.4) is 0 Å². The molecule has 17 heavy (non-hydrogen) atoms. The van der Waals surface area contributed by atoms with E-state index in [2.05, 4.69) is 6.92 Å². The van der Waals surface area contributed by atoms with Crippen LogP contribution < -0.4 is 0 Å². The van der Waals surface area contributed by atoms with Crippen LogP contribution >= 0.6 is 0 Å². The third-order valence-corrected chi connectivity index (χ3v) is 4.58. The summed E-state index contributed by atoms with van der Waals surface area (Å²) in [6.07, 6.45) is 8.07.